The third kappa shape index (κ3) is 4.24. The molecule has 1 aliphatic heterocycles. The summed E-state index contributed by atoms with van der Waals surface area (Å²) in [5.41, 5.74) is 0.868. The molecule has 4 rings (SSSR count). The summed E-state index contributed by atoms with van der Waals surface area (Å²) in [5, 5.41) is 25.5. The lowest BCUT2D eigenvalue weighted by Crippen LogP contribution is -2.51. The molecule has 1 aliphatic rings. The maximum absolute atomic E-state index is 9.45. The molecule has 0 radical (unpaired) electrons. The van der Waals surface area contributed by atoms with E-state index < -0.39 is 0 Å². The number of ether oxygens (including phenoxy) is 2. The first-order valence-corrected chi connectivity index (χ1v) is 8.71. The van der Waals surface area contributed by atoms with Crippen LogP contribution in [0, 0.1) is 0 Å². The summed E-state index contributed by atoms with van der Waals surface area (Å²) in [6.07, 6.45) is 0. The van der Waals surface area contributed by atoms with Crippen LogP contribution in [0.15, 0.2) is 66.7 Å². The van der Waals surface area contributed by atoms with E-state index in [1.165, 1.54) is 0 Å². The number of phenolic OH excluding ortho intramolecular Hbond substituents is 2. The van der Waals surface area contributed by atoms with E-state index in [9.17, 15) is 10.2 Å². The second-order valence-corrected chi connectivity index (χ2v) is 6.35. The van der Waals surface area contributed by atoms with Crippen molar-refractivity contribution in [3.63, 3.8) is 0 Å². The van der Waals surface area contributed by atoms with Crippen LogP contribution in [-0.2, 0) is 0 Å². The number of anilines is 1. The largest absolute Gasteiger partial charge is 0.508 e. The van der Waals surface area contributed by atoms with Crippen molar-refractivity contribution in [1.82, 2.24) is 5.32 Å². The minimum absolute atomic E-state index is 0.186. The molecule has 138 valence electrons. The predicted octanol–water partition coefficient (Wildman–Crippen LogP) is 4.07. The molecular weight excluding hydrogens is 344 g/mol. The van der Waals surface area contributed by atoms with E-state index in [4.69, 9.17) is 9.47 Å². The predicted molar refractivity (Wildman–Crippen MR) is 103 cm³/mol. The number of aromatic hydroxyl groups is 2. The molecule has 1 fully saturated rings. The van der Waals surface area contributed by atoms with Crippen molar-refractivity contribution >= 4 is 5.69 Å². The smallest absolute Gasteiger partial charge is 0.154 e. The summed E-state index contributed by atoms with van der Waals surface area (Å²) in [6, 6.07) is 19.1. The van der Waals surface area contributed by atoms with E-state index >= 15 is 0 Å². The Bertz CT molecular complexity index is 906. The average molecular weight is 364 g/mol. The number of rotatable bonds is 6. The summed E-state index contributed by atoms with van der Waals surface area (Å²) in [5.74, 6) is 2.85. The first-order chi connectivity index (χ1) is 13.2. The fraction of sp³-hybridized carbons (Fsp3) is 0.143. The summed E-state index contributed by atoms with van der Waals surface area (Å²) in [7, 11) is 0. The van der Waals surface area contributed by atoms with Crippen LogP contribution in [0.25, 0.3) is 0 Å². The lowest BCUT2D eigenvalue weighted by molar-refractivity contribution is 0.447. The fourth-order valence-corrected chi connectivity index (χ4v) is 2.67. The first kappa shape index (κ1) is 17.1. The second-order valence-electron chi connectivity index (χ2n) is 6.35. The van der Waals surface area contributed by atoms with Crippen LogP contribution in [0.1, 0.15) is 0 Å². The monoisotopic (exact) mass is 364 g/mol. The topological polar surface area (TPSA) is 83.0 Å². The number of hydrogen-bond acceptors (Lipinski definition) is 6. The van der Waals surface area contributed by atoms with Gasteiger partial charge in [0.1, 0.15) is 28.7 Å². The van der Waals surface area contributed by atoms with Crippen LogP contribution < -0.4 is 20.1 Å². The van der Waals surface area contributed by atoms with Crippen molar-refractivity contribution in [3.05, 3.63) is 66.7 Å². The van der Waals surface area contributed by atoms with Crippen LogP contribution in [-0.4, -0.2) is 29.3 Å². The van der Waals surface area contributed by atoms with Crippen LogP contribution in [0.3, 0.4) is 0 Å². The van der Waals surface area contributed by atoms with Crippen molar-refractivity contribution in [2.24, 2.45) is 0 Å². The second kappa shape index (κ2) is 7.47. The van der Waals surface area contributed by atoms with E-state index in [1.807, 2.05) is 18.2 Å². The standard InChI is InChI=1S/C21H20N2O4/c24-15-1-5-17(6-2-15)26-19-9-10-20(23-14-12-22-13-14)21(11-19)27-18-7-3-16(25)4-8-18/h1-11,14,22-25H,12-13H2. The highest BCUT2D eigenvalue weighted by atomic mass is 16.5. The van der Waals surface area contributed by atoms with Crippen molar-refractivity contribution in [2.75, 3.05) is 18.4 Å². The van der Waals surface area contributed by atoms with Gasteiger partial charge in [0.2, 0.25) is 0 Å². The van der Waals surface area contributed by atoms with E-state index in [0.29, 0.717) is 29.0 Å². The summed E-state index contributed by atoms with van der Waals surface area (Å²) in [6.45, 7) is 1.81. The Morgan fingerprint density at radius 2 is 1.30 bits per heavy atom. The molecule has 0 spiro atoms. The van der Waals surface area contributed by atoms with E-state index in [0.717, 1.165) is 18.8 Å². The Balaban J connectivity index is 1.59. The molecule has 6 heteroatoms. The Labute approximate surface area is 157 Å². The third-order valence-corrected chi connectivity index (χ3v) is 4.23. The zero-order chi connectivity index (χ0) is 18.6. The lowest BCUT2D eigenvalue weighted by atomic mass is 10.1. The van der Waals surface area contributed by atoms with Gasteiger partial charge < -0.3 is 30.3 Å². The summed E-state index contributed by atoms with van der Waals surface area (Å²) in [4.78, 5) is 0. The minimum atomic E-state index is 0.186. The van der Waals surface area contributed by atoms with Gasteiger partial charge in [0.15, 0.2) is 5.75 Å². The van der Waals surface area contributed by atoms with Crippen LogP contribution in [0.4, 0.5) is 5.69 Å². The molecule has 3 aromatic rings. The number of phenols is 2. The SMILES string of the molecule is Oc1ccc(Oc2ccc(NC3CNC3)c(Oc3ccc(O)cc3)c2)cc1. The maximum Gasteiger partial charge on any atom is 0.154 e. The third-order valence-electron chi connectivity index (χ3n) is 4.23. The highest BCUT2D eigenvalue weighted by Gasteiger charge is 2.18. The molecule has 27 heavy (non-hydrogen) atoms. The Morgan fingerprint density at radius 3 is 1.85 bits per heavy atom. The summed E-state index contributed by atoms with van der Waals surface area (Å²) < 4.78 is 11.9. The normalized spacial score (nSPS) is 13.6. The highest BCUT2D eigenvalue weighted by Crippen LogP contribution is 2.36. The zero-order valence-electron chi connectivity index (χ0n) is 14.6. The van der Waals surface area contributed by atoms with E-state index in [2.05, 4.69) is 10.6 Å². The Kier molecular flexibility index (Phi) is 4.72. The van der Waals surface area contributed by atoms with Gasteiger partial charge in [-0.15, -0.1) is 0 Å². The minimum Gasteiger partial charge on any atom is -0.508 e. The molecule has 0 atom stereocenters. The van der Waals surface area contributed by atoms with Gasteiger partial charge >= 0.3 is 0 Å². The molecule has 1 saturated heterocycles. The average Bonchev–Trinajstić information content (AvgIpc) is 2.63. The van der Waals surface area contributed by atoms with Crippen LogP contribution in [0.2, 0.25) is 0 Å². The van der Waals surface area contributed by atoms with Gasteiger partial charge in [0.25, 0.3) is 0 Å². The van der Waals surface area contributed by atoms with Gasteiger partial charge in [-0.25, -0.2) is 0 Å². The van der Waals surface area contributed by atoms with Gasteiger partial charge in [0, 0.05) is 19.2 Å². The van der Waals surface area contributed by atoms with Gasteiger partial charge in [0.05, 0.1) is 11.7 Å². The molecule has 0 aromatic heterocycles. The van der Waals surface area contributed by atoms with Gasteiger partial charge in [-0.1, -0.05) is 0 Å². The lowest BCUT2D eigenvalue weighted by Gasteiger charge is -2.29. The Hall–Kier alpha value is -3.38. The number of benzene rings is 3. The Morgan fingerprint density at radius 1 is 0.741 bits per heavy atom. The number of hydrogen-bond donors (Lipinski definition) is 4. The molecule has 3 aromatic carbocycles. The van der Waals surface area contributed by atoms with Crippen molar-refractivity contribution in [1.29, 1.82) is 0 Å². The molecule has 0 bridgehead atoms. The van der Waals surface area contributed by atoms with E-state index in [-0.39, 0.29) is 11.5 Å². The van der Waals surface area contributed by atoms with E-state index in [1.54, 1.807) is 48.5 Å². The molecule has 0 unspecified atom stereocenters. The van der Waals surface area contributed by atoms with Gasteiger partial charge in [-0.2, -0.15) is 0 Å². The van der Waals surface area contributed by atoms with Crippen molar-refractivity contribution in [2.45, 2.75) is 6.04 Å². The quantitative estimate of drug-likeness (QED) is 0.528. The molecule has 1 heterocycles. The van der Waals surface area contributed by atoms with Crippen molar-refractivity contribution in [3.8, 4) is 34.5 Å². The van der Waals surface area contributed by atoms with Gasteiger partial charge in [-0.05, 0) is 60.7 Å². The molecule has 6 nitrogen and oxygen atoms in total. The molecule has 0 saturated carbocycles. The molecule has 0 aliphatic carbocycles. The van der Waals surface area contributed by atoms with Crippen LogP contribution >= 0.6 is 0 Å². The molecule has 0 amide bonds. The first-order valence-electron chi connectivity index (χ1n) is 8.71. The van der Waals surface area contributed by atoms with Crippen molar-refractivity contribution < 1.29 is 19.7 Å². The van der Waals surface area contributed by atoms with Crippen LogP contribution in [0.5, 0.6) is 34.5 Å². The zero-order valence-corrected chi connectivity index (χ0v) is 14.6. The maximum atomic E-state index is 9.45. The van der Waals surface area contributed by atoms with Gasteiger partial charge in [-0.3, -0.25) is 0 Å². The molecular formula is C21H20N2O4. The fourth-order valence-electron chi connectivity index (χ4n) is 2.67. The summed E-state index contributed by atoms with van der Waals surface area (Å²) >= 11 is 0. The molecule has 4 N–H and O–H groups in total. The number of nitrogens with one attached hydrogen (secondary N) is 2. The highest BCUT2D eigenvalue weighted by molar-refractivity contribution is 5.61.